The van der Waals surface area contributed by atoms with Gasteiger partial charge in [0.2, 0.25) is 0 Å². The molecule has 0 atom stereocenters. The maximum absolute atomic E-state index is 13.3. The summed E-state index contributed by atoms with van der Waals surface area (Å²) >= 11 is 0. The van der Waals surface area contributed by atoms with E-state index in [0.29, 0.717) is 25.9 Å². The Morgan fingerprint density at radius 2 is 1.95 bits per heavy atom. The molecule has 6 nitrogen and oxygen atoms in total. The molecule has 1 heterocycles. The van der Waals surface area contributed by atoms with Gasteiger partial charge in [0.25, 0.3) is 0 Å². The molecule has 1 aliphatic rings. The number of aliphatic hydroxyl groups is 1. The number of rotatable bonds is 2. The standard InChI is InChI=1S/C14H17FN2O4/c1-14(21)4-6-17(7-5-14)13(20)16-9-2-3-11(15)10(8-9)12(18)19/h2-3,8,21H,4-7H2,1H3,(H,16,20)(H,18,19). The summed E-state index contributed by atoms with van der Waals surface area (Å²) in [5, 5.41) is 21.2. The molecule has 7 heteroatoms. The second kappa shape index (κ2) is 5.69. The lowest BCUT2D eigenvalue weighted by atomic mass is 9.94. The zero-order valence-electron chi connectivity index (χ0n) is 11.6. The van der Waals surface area contributed by atoms with Crippen molar-refractivity contribution in [3.8, 4) is 0 Å². The molecule has 2 rings (SSSR count). The summed E-state index contributed by atoms with van der Waals surface area (Å²) in [6, 6.07) is 2.99. The number of carboxylic acids is 1. The number of carboxylic acid groups (broad SMARTS) is 1. The molecule has 21 heavy (non-hydrogen) atoms. The van der Waals surface area contributed by atoms with Crippen LogP contribution in [0.25, 0.3) is 0 Å². The van der Waals surface area contributed by atoms with Crippen LogP contribution in [-0.4, -0.2) is 45.8 Å². The summed E-state index contributed by atoms with van der Waals surface area (Å²) in [5.74, 6) is -2.24. The van der Waals surface area contributed by atoms with E-state index in [1.165, 1.54) is 11.0 Å². The molecule has 0 spiro atoms. The third-order valence-corrected chi connectivity index (χ3v) is 3.58. The van der Waals surface area contributed by atoms with Crippen LogP contribution < -0.4 is 5.32 Å². The molecule has 3 N–H and O–H groups in total. The van der Waals surface area contributed by atoms with E-state index in [1.54, 1.807) is 6.92 Å². The van der Waals surface area contributed by atoms with Crippen molar-refractivity contribution in [3.63, 3.8) is 0 Å². The number of amides is 2. The van der Waals surface area contributed by atoms with E-state index in [2.05, 4.69) is 5.32 Å². The van der Waals surface area contributed by atoms with Crippen LogP contribution in [0, 0.1) is 5.82 Å². The highest BCUT2D eigenvalue weighted by Crippen LogP contribution is 2.22. The molecule has 0 radical (unpaired) electrons. The van der Waals surface area contributed by atoms with E-state index < -0.39 is 29.0 Å². The van der Waals surface area contributed by atoms with Gasteiger partial charge in [-0.15, -0.1) is 0 Å². The van der Waals surface area contributed by atoms with Crippen molar-refractivity contribution in [1.82, 2.24) is 4.90 Å². The van der Waals surface area contributed by atoms with Gasteiger partial charge >= 0.3 is 12.0 Å². The summed E-state index contributed by atoms with van der Waals surface area (Å²) in [6.07, 6.45) is 0.953. The Morgan fingerprint density at radius 1 is 1.33 bits per heavy atom. The highest BCUT2D eigenvalue weighted by Gasteiger charge is 2.29. The van der Waals surface area contributed by atoms with Gasteiger partial charge in [-0.05, 0) is 38.0 Å². The van der Waals surface area contributed by atoms with Crippen molar-refractivity contribution in [2.45, 2.75) is 25.4 Å². The largest absolute Gasteiger partial charge is 0.478 e. The molecule has 0 saturated carbocycles. The van der Waals surface area contributed by atoms with E-state index in [9.17, 15) is 19.1 Å². The molecule has 0 bridgehead atoms. The molecule has 2 amide bonds. The molecule has 1 saturated heterocycles. The van der Waals surface area contributed by atoms with Crippen LogP contribution in [0.5, 0.6) is 0 Å². The third kappa shape index (κ3) is 3.69. The van der Waals surface area contributed by atoms with Crippen molar-refractivity contribution in [2.75, 3.05) is 18.4 Å². The van der Waals surface area contributed by atoms with Crippen molar-refractivity contribution >= 4 is 17.7 Å². The predicted molar refractivity (Wildman–Crippen MR) is 73.8 cm³/mol. The lowest BCUT2D eigenvalue weighted by Gasteiger charge is -2.35. The van der Waals surface area contributed by atoms with Crippen molar-refractivity contribution in [3.05, 3.63) is 29.6 Å². The first-order valence-corrected chi connectivity index (χ1v) is 6.60. The van der Waals surface area contributed by atoms with E-state index in [4.69, 9.17) is 5.11 Å². The fraction of sp³-hybridized carbons (Fsp3) is 0.429. The van der Waals surface area contributed by atoms with Gasteiger partial charge in [-0.25, -0.2) is 14.0 Å². The van der Waals surface area contributed by atoms with E-state index in [1.807, 2.05) is 0 Å². The minimum atomic E-state index is -1.39. The summed E-state index contributed by atoms with van der Waals surface area (Å²) in [4.78, 5) is 24.4. The SMILES string of the molecule is CC1(O)CCN(C(=O)Nc2ccc(F)c(C(=O)O)c2)CC1. The smallest absolute Gasteiger partial charge is 0.338 e. The van der Waals surface area contributed by atoms with E-state index in [0.717, 1.165) is 12.1 Å². The summed E-state index contributed by atoms with van der Waals surface area (Å²) in [6.45, 7) is 2.54. The van der Waals surface area contributed by atoms with Gasteiger partial charge in [0.1, 0.15) is 5.82 Å². The number of piperidine rings is 1. The second-order valence-corrected chi connectivity index (χ2v) is 5.41. The predicted octanol–water partition coefficient (Wildman–Crippen LogP) is 1.90. The Balaban J connectivity index is 2.03. The van der Waals surface area contributed by atoms with E-state index >= 15 is 0 Å². The second-order valence-electron chi connectivity index (χ2n) is 5.41. The van der Waals surface area contributed by atoms with Crippen LogP contribution in [0.2, 0.25) is 0 Å². The molecule has 1 aromatic carbocycles. The number of nitrogens with zero attached hydrogens (tertiary/aromatic N) is 1. The van der Waals surface area contributed by atoms with Crippen LogP contribution in [0.1, 0.15) is 30.1 Å². The van der Waals surface area contributed by atoms with Crippen molar-refractivity contribution in [2.24, 2.45) is 0 Å². The fourth-order valence-electron chi connectivity index (χ4n) is 2.16. The Hall–Kier alpha value is -2.15. The zero-order valence-corrected chi connectivity index (χ0v) is 11.6. The monoisotopic (exact) mass is 296 g/mol. The number of likely N-dealkylation sites (tertiary alicyclic amines) is 1. The molecule has 0 aromatic heterocycles. The number of aromatic carboxylic acids is 1. The van der Waals surface area contributed by atoms with Gasteiger partial charge in [0, 0.05) is 18.8 Å². The van der Waals surface area contributed by atoms with Gasteiger partial charge < -0.3 is 20.4 Å². The molecule has 1 aliphatic heterocycles. The van der Waals surface area contributed by atoms with Gasteiger partial charge in [0.15, 0.2) is 0 Å². The number of hydrogen-bond donors (Lipinski definition) is 3. The number of urea groups is 1. The number of nitrogens with one attached hydrogen (secondary N) is 1. The average molecular weight is 296 g/mol. The fourth-order valence-corrected chi connectivity index (χ4v) is 2.16. The van der Waals surface area contributed by atoms with Crippen LogP contribution in [-0.2, 0) is 0 Å². The highest BCUT2D eigenvalue weighted by molar-refractivity contribution is 5.93. The van der Waals surface area contributed by atoms with Crippen molar-refractivity contribution in [1.29, 1.82) is 0 Å². The van der Waals surface area contributed by atoms with Crippen LogP contribution in [0.15, 0.2) is 18.2 Å². The van der Waals surface area contributed by atoms with Gasteiger partial charge in [-0.3, -0.25) is 0 Å². The zero-order chi connectivity index (χ0) is 15.6. The Labute approximate surface area is 121 Å². The van der Waals surface area contributed by atoms with Gasteiger partial charge in [-0.1, -0.05) is 0 Å². The summed E-state index contributed by atoms with van der Waals surface area (Å²) in [7, 11) is 0. The molecule has 0 unspecified atom stereocenters. The Morgan fingerprint density at radius 3 is 2.52 bits per heavy atom. The average Bonchev–Trinajstić information content (AvgIpc) is 2.40. The van der Waals surface area contributed by atoms with Crippen LogP contribution in [0.4, 0.5) is 14.9 Å². The highest BCUT2D eigenvalue weighted by atomic mass is 19.1. The lowest BCUT2D eigenvalue weighted by molar-refractivity contribution is 0.00569. The molecule has 114 valence electrons. The lowest BCUT2D eigenvalue weighted by Crippen LogP contribution is -2.46. The number of hydrogen-bond acceptors (Lipinski definition) is 3. The van der Waals surface area contributed by atoms with Crippen molar-refractivity contribution < 1.29 is 24.2 Å². The normalized spacial score (nSPS) is 17.4. The first-order valence-electron chi connectivity index (χ1n) is 6.60. The first kappa shape index (κ1) is 15.2. The number of halogens is 1. The maximum atomic E-state index is 13.3. The topological polar surface area (TPSA) is 89.9 Å². The first-order chi connectivity index (χ1) is 9.78. The number of benzene rings is 1. The number of anilines is 1. The quantitative estimate of drug-likeness (QED) is 0.777. The Bertz CT molecular complexity index is 564. The summed E-state index contributed by atoms with van der Waals surface area (Å²) < 4.78 is 13.3. The van der Waals surface area contributed by atoms with Crippen LogP contribution in [0.3, 0.4) is 0 Å². The maximum Gasteiger partial charge on any atom is 0.338 e. The third-order valence-electron chi connectivity index (χ3n) is 3.58. The molecule has 0 aliphatic carbocycles. The molecule has 1 fully saturated rings. The molecule has 1 aromatic rings. The van der Waals surface area contributed by atoms with Gasteiger partial charge in [-0.2, -0.15) is 0 Å². The molecular formula is C14H17FN2O4. The minimum absolute atomic E-state index is 0.219. The van der Waals surface area contributed by atoms with E-state index in [-0.39, 0.29) is 5.69 Å². The molecular weight excluding hydrogens is 279 g/mol. The summed E-state index contributed by atoms with van der Waals surface area (Å²) in [5.41, 5.74) is -1.03. The Kier molecular flexibility index (Phi) is 4.13. The van der Waals surface area contributed by atoms with Gasteiger partial charge in [0.05, 0.1) is 11.2 Å². The number of carbonyl (C=O) groups excluding carboxylic acids is 1. The minimum Gasteiger partial charge on any atom is -0.478 e. The number of carbonyl (C=O) groups is 2. The van der Waals surface area contributed by atoms with Crippen LogP contribution >= 0.6 is 0 Å².